The van der Waals surface area contributed by atoms with Crippen molar-refractivity contribution in [2.75, 3.05) is 19.3 Å². The van der Waals surface area contributed by atoms with Gasteiger partial charge < -0.3 is 5.32 Å². The fourth-order valence-electron chi connectivity index (χ4n) is 5.55. The van der Waals surface area contributed by atoms with E-state index in [1.165, 1.54) is 31.7 Å². The summed E-state index contributed by atoms with van der Waals surface area (Å²) in [4.78, 5) is -0.762. The summed E-state index contributed by atoms with van der Waals surface area (Å²) in [6, 6.07) is 2.30. The number of benzene rings is 1. The van der Waals surface area contributed by atoms with Crippen LogP contribution in [0.1, 0.15) is 68.4 Å². The molecule has 2 fully saturated rings. The van der Waals surface area contributed by atoms with Crippen molar-refractivity contribution in [1.82, 2.24) is 25.9 Å². The van der Waals surface area contributed by atoms with E-state index < -0.39 is 26.5 Å². The summed E-state index contributed by atoms with van der Waals surface area (Å²) in [6.45, 7) is 2.15. The molecule has 1 aromatic heterocycles. The molecule has 1 saturated carbocycles. The molecule has 1 saturated heterocycles. The topological polar surface area (TPSA) is 101 Å². The lowest BCUT2D eigenvalue weighted by atomic mass is 9.74. The van der Waals surface area contributed by atoms with E-state index in [1.807, 2.05) is 0 Å². The third-order valence-corrected chi connectivity index (χ3v) is 8.25. The van der Waals surface area contributed by atoms with Gasteiger partial charge in [-0.25, -0.2) is 8.42 Å². The first-order valence-corrected chi connectivity index (χ1v) is 13.4. The van der Waals surface area contributed by atoms with E-state index in [0.717, 1.165) is 57.0 Å². The molecule has 1 aliphatic heterocycles. The Morgan fingerprint density at radius 2 is 1.76 bits per heavy atom. The highest BCUT2D eigenvalue weighted by atomic mass is 32.2. The molecule has 1 atom stereocenters. The molecule has 11 heteroatoms. The number of H-pyrrole nitrogens is 1. The fourth-order valence-corrected chi connectivity index (χ4v) is 6.72. The molecule has 2 heterocycles. The van der Waals surface area contributed by atoms with Crippen LogP contribution >= 0.6 is 0 Å². The standard InChI is InChI=1S/C22H30F3N5O2S/c1-33(31,32)20-18(22(23,24)25)9-8-17(19(20)21-27-29-30-28-21)16-6-4-15(5-7-16)13-14-3-2-11-26-12-10-14/h8-9,14-16,26H,2-7,10-13H2,1H3,(H,27,28,29,30). The number of nitrogens with zero attached hydrogens (tertiary/aromatic N) is 3. The third-order valence-electron chi connectivity index (χ3n) is 7.08. The predicted molar refractivity (Wildman–Crippen MR) is 117 cm³/mol. The van der Waals surface area contributed by atoms with E-state index in [9.17, 15) is 21.6 Å². The second kappa shape index (κ2) is 9.69. The number of rotatable bonds is 5. The van der Waals surface area contributed by atoms with E-state index in [4.69, 9.17) is 0 Å². The molecule has 33 heavy (non-hydrogen) atoms. The summed E-state index contributed by atoms with van der Waals surface area (Å²) < 4.78 is 66.4. The van der Waals surface area contributed by atoms with Gasteiger partial charge in [0.1, 0.15) is 0 Å². The number of alkyl halides is 3. The zero-order valence-corrected chi connectivity index (χ0v) is 19.5. The number of tetrazole rings is 1. The van der Waals surface area contributed by atoms with Gasteiger partial charge in [-0.1, -0.05) is 6.07 Å². The molecule has 4 rings (SSSR count). The maximum atomic E-state index is 13.7. The number of halogens is 3. The number of aromatic amines is 1. The van der Waals surface area contributed by atoms with Gasteiger partial charge in [0.05, 0.1) is 10.5 Å². The Kier molecular flexibility index (Phi) is 7.09. The van der Waals surface area contributed by atoms with Crippen molar-refractivity contribution in [2.45, 2.75) is 68.4 Å². The Balaban J connectivity index is 1.63. The molecule has 2 aromatic rings. The first-order valence-electron chi connectivity index (χ1n) is 11.5. The second-order valence-electron chi connectivity index (χ2n) is 9.41. The summed E-state index contributed by atoms with van der Waals surface area (Å²) in [5.41, 5.74) is -0.703. The van der Waals surface area contributed by atoms with Gasteiger partial charge in [-0.15, -0.1) is 10.2 Å². The first-order chi connectivity index (χ1) is 15.6. The summed E-state index contributed by atoms with van der Waals surface area (Å²) in [7, 11) is -4.22. The lowest BCUT2D eigenvalue weighted by Gasteiger charge is -2.32. The van der Waals surface area contributed by atoms with E-state index >= 15 is 0 Å². The van der Waals surface area contributed by atoms with Crippen LogP contribution in [0.4, 0.5) is 13.2 Å². The van der Waals surface area contributed by atoms with Crippen molar-refractivity contribution in [1.29, 1.82) is 0 Å². The minimum absolute atomic E-state index is 0.0478. The smallest absolute Gasteiger partial charge is 0.317 e. The minimum Gasteiger partial charge on any atom is -0.317 e. The molecule has 1 unspecified atom stereocenters. The molecule has 7 nitrogen and oxygen atoms in total. The highest BCUT2D eigenvalue weighted by Gasteiger charge is 2.40. The molecule has 0 amide bonds. The Morgan fingerprint density at radius 3 is 2.39 bits per heavy atom. The molecule has 0 bridgehead atoms. The SMILES string of the molecule is CS(=O)(=O)c1c(C(F)(F)F)ccc(C2CCC(CC3CCCNCC3)CC2)c1-c1nn[nH]n1. The Labute approximate surface area is 191 Å². The largest absolute Gasteiger partial charge is 0.417 e. The summed E-state index contributed by atoms with van der Waals surface area (Å²) >= 11 is 0. The maximum absolute atomic E-state index is 13.7. The van der Waals surface area contributed by atoms with Gasteiger partial charge >= 0.3 is 6.18 Å². The molecule has 2 N–H and O–H groups in total. The van der Waals surface area contributed by atoms with Crippen LogP contribution in [0.3, 0.4) is 0 Å². The molecular formula is C22H30F3N5O2S. The van der Waals surface area contributed by atoms with Crippen molar-refractivity contribution in [3.8, 4) is 11.4 Å². The van der Waals surface area contributed by atoms with Crippen LogP contribution in [-0.4, -0.2) is 48.4 Å². The van der Waals surface area contributed by atoms with Crippen LogP contribution in [0.15, 0.2) is 17.0 Å². The van der Waals surface area contributed by atoms with Gasteiger partial charge in [0.15, 0.2) is 9.84 Å². The lowest BCUT2D eigenvalue weighted by molar-refractivity contribution is -0.139. The molecule has 0 spiro atoms. The Hall–Kier alpha value is -2.01. The number of nitrogens with one attached hydrogen (secondary N) is 2. The van der Waals surface area contributed by atoms with Crippen molar-refractivity contribution < 1.29 is 21.6 Å². The second-order valence-corrected chi connectivity index (χ2v) is 11.4. The van der Waals surface area contributed by atoms with E-state index in [1.54, 1.807) is 0 Å². The molecule has 1 aromatic carbocycles. The van der Waals surface area contributed by atoms with Crippen LogP contribution in [0.25, 0.3) is 11.4 Å². The van der Waals surface area contributed by atoms with Crippen molar-refractivity contribution >= 4 is 9.84 Å². The van der Waals surface area contributed by atoms with Crippen LogP contribution in [0.2, 0.25) is 0 Å². The molecule has 0 radical (unpaired) electrons. The summed E-state index contributed by atoms with van der Waals surface area (Å²) in [5, 5.41) is 16.9. The molecule has 1 aliphatic carbocycles. The van der Waals surface area contributed by atoms with Crippen LogP contribution in [0, 0.1) is 11.8 Å². The van der Waals surface area contributed by atoms with Crippen LogP contribution in [-0.2, 0) is 16.0 Å². The number of aromatic nitrogens is 4. The van der Waals surface area contributed by atoms with E-state index in [2.05, 4.69) is 25.9 Å². The van der Waals surface area contributed by atoms with Gasteiger partial charge in [0.25, 0.3) is 0 Å². The van der Waals surface area contributed by atoms with E-state index in [0.29, 0.717) is 11.5 Å². The van der Waals surface area contributed by atoms with Crippen molar-refractivity contribution in [2.24, 2.45) is 11.8 Å². The van der Waals surface area contributed by atoms with Gasteiger partial charge in [0, 0.05) is 11.8 Å². The average Bonchev–Trinajstić information content (AvgIpc) is 3.17. The highest BCUT2D eigenvalue weighted by molar-refractivity contribution is 7.91. The number of hydrogen-bond donors (Lipinski definition) is 2. The van der Waals surface area contributed by atoms with Crippen molar-refractivity contribution in [3.05, 3.63) is 23.3 Å². The Morgan fingerprint density at radius 1 is 1.03 bits per heavy atom. The summed E-state index contributed by atoms with van der Waals surface area (Å²) in [6.07, 6.45) is 4.37. The minimum atomic E-state index is -4.82. The van der Waals surface area contributed by atoms with Crippen molar-refractivity contribution in [3.63, 3.8) is 0 Å². The Bertz CT molecular complexity index is 1040. The third kappa shape index (κ3) is 5.56. The lowest BCUT2D eigenvalue weighted by Crippen LogP contribution is -2.20. The normalized spacial score (nSPS) is 25.0. The highest BCUT2D eigenvalue weighted by Crippen LogP contribution is 2.46. The molecular weight excluding hydrogens is 455 g/mol. The van der Waals surface area contributed by atoms with Gasteiger partial charge in [-0.3, -0.25) is 0 Å². The van der Waals surface area contributed by atoms with Gasteiger partial charge in [-0.05, 0) is 99.1 Å². The zero-order chi connectivity index (χ0) is 23.6. The molecule has 182 valence electrons. The van der Waals surface area contributed by atoms with Crippen LogP contribution in [0.5, 0.6) is 0 Å². The fraction of sp³-hybridized carbons (Fsp3) is 0.682. The first kappa shape index (κ1) is 24.1. The number of sulfone groups is 1. The van der Waals surface area contributed by atoms with Gasteiger partial charge in [0.2, 0.25) is 5.82 Å². The predicted octanol–water partition coefficient (Wildman–Crippen LogP) is 4.34. The quantitative estimate of drug-likeness (QED) is 0.653. The van der Waals surface area contributed by atoms with E-state index in [-0.39, 0.29) is 17.3 Å². The average molecular weight is 486 g/mol. The molecule has 2 aliphatic rings. The van der Waals surface area contributed by atoms with Crippen LogP contribution < -0.4 is 5.32 Å². The van der Waals surface area contributed by atoms with Gasteiger partial charge in [-0.2, -0.15) is 18.4 Å². The maximum Gasteiger partial charge on any atom is 0.417 e. The zero-order valence-electron chi connectivity index (χ0n) is 18.7. The monoisotopic (exact) mass is 485 g/mol. The summed E-state index contributed by atoms with van der Waals surface area (Å²) in [5.74, 6) is 1.15. The number of hydrogen-bond acceptors (Lipinski definition) is 6.